The van der Waals surface area contributed by atoms with Gasteiger partial charge in [-0.1, -0.05) is 388 Å². The molecule has 30 aromatic rings. The first-order chi connectivity index (χ1) is 74.4. The number of hydrogen-bond acceptors (Lipinski definition) is 15. The second-order valence-electron chi connectivity index (χ2n) is 36.9. The maximum atomic E-state index is 6.58. The normalized spacial score (nSPS) is 11.6. The fourth-order valence-corrected chi connectivity index (χ4v) is 23.2. The van der Waals surface area contributed by atoms with Gasteiger partial charge in [-0.05, 0) is 102 Å². The highest BCUT2D eigenvalue weighted by molar-refractivity contribution is 7.26. The molecule has 12 aromatic heterocycles. The van der Waals surface area contributed by atoms with Gasteiger partial charge in [0.25, 0.3) is 0 Å². The largest absolute Gasteiger partial charge is 0.455 e. The third-order valence-corrected chi connectivity index (χ3v) is 30.2. The molecule has 0 bridgehead atoms. The van der Waals surface area contributed by atoms with Crippen molar-refractivity contribution in [1.29, 1.82) is 0 Å². The predicted octanol–water partition coefficient (Wildman–Crippen LogP) is 33.7. The number of thiophene rings is 2. The Morgan fingerprint density at radius 3 is 0.920 bits per heavy atom. The fraction of sp³-hybridized carbons (Fsp3) is 0. The molecule has 12 heterocycles. The number of furan rings is 1. The summed E-state index contributed by atoms with van der Waals surface area (Å²) < 4.78 is 18.5. The molecule has 0 aliphatic rings. The van der Waals surface area contributed by atoms with E-state index >= 15 is 0 Å². The lowest BCUT2D eigenvalue weighted by molar-refractivity contribution is 0.673. The van der Waals surface area contributed by atoms with Gasteiger partial charge in [0.2, 0.25) is 0 Å². The Labute approximate surface area is 867 Å². The van der Waals surface area contributed by atoms with Crippen molar-refractivity contribution in [3.63, 3.8) is 0 Å². The van der Waals surface area contributed by atoms with Crippen molar-refractivity contribution >= 4 is 150 Å². The molecule has 150 heavy (non-hydrogen) atoms. The summed E-state index contributed by atoms with van der Waals surface area (Å²) in [5.74, 6) is 7.54. The van der Waals surface area contributed by atoms with Crippen molar-refractivity contribution in [3.8, 4) is 153 Å². The minimum atomic E-state index is 0.536. The quantitative estimate of drug-likeness (QED) is 0.0946. The molecule has 0 saturated carbocycles. The van der Waals surface area contributed by atoms with Gasteiger partial charge in [-0.2, -0.15) is 0 Å². The van der Waals surface area contributed by atoms with Gasteiger partial charge < -0.3 is 4.42 Å². The number of hydrogen-bond donors (Lipinski definition) is 0. The standard InChI is InChI=1S/C44H27N5O.2C44H27N5S/c1-4-14-28(15-5-1)31-26-35(43-47-41(29-16-6-2-7-17-29)46-42(48-43)30-18-8-3-9-19-30)44(45-27-31)49-36-22-12-10-21-34(36)39-37(49)25-24-33-32-20-11-13-23-38(32)50-40(33)39;1-4-14-28(15-5-1)31-24-36(43-47-41(29-16-6-2-7-17-29)46-42(48-43)30-18-8-3-9-19-30)44(45-27-31)49-37-22-12-10-20-32(37)34-26-40-35(25-38(34)49)33-21-11-13-23-39(33)50-40;1-4-14-28(15-5-1)31-26-35(43-47-41(29-16-6-2-7-17-29)46-42(48-43)30-18-8-3-9-19-30)44(45-27-31)49-36-22-12-10-20-32(36)33-24-25-38-39(40(33)49)34-21-11-13-23-37(34)50-38/h3*1-27H. The van der Waals surface area contributed by atoms with Gasteiger partial charge in [0.15, 0.2) is 52.4 Å². The molecule has 0 spiro atoms. The molecule has 30 rings (SSSR count). The van der Waals surface area contributed by atoms with E-state index in [0.717, 1.165) is 167 Å². The second kappa shape index (κ2) is 37.4. The van der Waals surface area contributed by atoms with Gasteiger partial charge in [-0.15, -0.1) is 22.7 Å². The maximum Gasteiger partial charge on any atom is 0.167 e. The van der Waals surface area contributed by atoms with Crippen molar-refractivity contribution in [3.05, 3.63) is 492 Å². The van der Waals surface area contributed by atoms with Crippen LogP contribution >= 0.6 is 22.7 Å². The number of benzene rings is 18. The van der Waals surface area contributed by atoms with Crippen molar-refractivity contribution in [1.82, 2.24) is 73.5 Å². The summed E-state index contributed by atoms with van der Waals surface area (Å²) in [5.41, 5.74) is 22.2. The molecular formula is C132H81N15OS2. The van der Waals surface area contributed by atoms with Crippen LogP contribution in [0.1, 0.15) is 0 Å². The van der Waals surface area contributed by atoms with Gasteiger partial charge in [0, 0.05) is 147 Å². The second-order valence-corrected chi connectivity index (χ2v) is 39.1. The number of fused-ring (bicyclic) bond motifs is 20. The highest BCUT2D eigenvalue weighted by Gasteiger charge is 2.30. The Morgan fingerprint density at radius 1 is 0.173 bits per heavy atom. The first-order valence-corrected chi connectivity index (χ1v) is 51.3. The van der Waals surface area contributed by atoms with Gasteiger partial charge in [0.1, 0.15) is 28.6 Å². The average Bonchev–Trinajstić information content (AvgIpc) is 1.56. The minimum Gasteiger partial charge on any atom is -0.455 e. The summed E-state index contributed by atoms with van der Waals surface area (Å²) in [5, 5.41) is 14.0. The molecule has 0 radical (unpaired) electrons. The third-order valence-electron chi connectivity index (χ3n) is 27.9. The molecule has 0 saturated heterocycles. The van der Waals surface area contributed by atoms with Crippen molar-refractivity contribution in [2.45, 2.75) is 0 Å². The zero-order valence-electron chi connectivity index (χ0n) is 80.2. The molecule has 702 valence electrons. The van der Waals surface area contributed by atoms with Crippen molar-refractivity contribution in [2.24, 2.45) is 0 Å². The van der Waals surface area contributed by atoms with Crippen LogP contribution in [0.15, 0.2) is 496 Å². The zero-order chi connectivity index (χ0) is 99.1. The zero-order valence-corrected chi connectivity index (χ0v) is 81.8. The predicted molar refractivity (Wildman–Crippen MR) is 614 cm³/mol. The van der Waals surface area contributed by atoms with E-state index in [-0.39, 0.29) is 0 Å². The summed E-state index contributed by atoms with van der Waals surface area (Å²) in [6, 6.07) is 163. The highest BCUT2D eigenvalue weighted by Crippen LogP contribution is 2.49. The SMILES string of the molecule is c1ccc(-c2cnc(-n3c4ccccc4c4c5oc6ccccc6c5ccc43)c(-c3nc(-c4ccccc4)nc(-c4ccccc4)n3)c2)cc1.c1ccc(-c2cnc(-n3c4ccccc4c4cc5sc6ccccc6c5cc43)c(-c3nc(-c4ccccc4)nc(-c4ccccc4)n3)c2)cc1.c1ccc(-c2cnc(-n3c4ccccc4c4ccc5sc6ccccc6c5c43)c(-c3nc(-c4ccccc4)nc(-c4ccccc4)n3)c2)cc1. The Morgan fingerprint density at radius 2 is 0.487 bits per heavy atom. The lowest BCUT2D eigenvalue weighted by Crippen LogP contribution is -2.06. The first kappa shape index (κ1) is 87.8. The molecule has 0 aliphatic carbocycles. The molecule has 16 nitrogen and oxygen atoms in total. The minimum absolute atomic E-state index is 0.536. The van der Waals surface area contributed by atoms with E-state index in [1.54, 1.807) is 0 Å². The van der Waals surface area contributed by atoms with Crippen LogP contribution in [-0.4, -0.2) is 73.5 Å². The summed E-state index contributed by atoms with van der Waals surface area (Å²) in [4.78, 5) is 61.8. The maximum absolute atomic E-state index is 6.58. The number of rotatable bonds is 15. The van der Waals surface area contributed by atoms with Crippen LogP contribution in [0, 0.1) is 0 Å². The third kappa shape index (κ3) is 15.7. The average molecular weight is 1960 g/mol. The Kier molecular flexibility index (Phi) is 21.9. The summed E-state index contributed by atoms with van der Waals surface area (Å²) in [7, 11) is 0. The number of para-hydroxylation sites is 4. The Hall–Kier alpha value is -19.9. The van der Waals surface area contributed by atoms with Crippen molar-refractivity contribution in [2.75, 3.05) is 0 Å². The van der Waals surface area contributed by atoms with E-state index in [0.29, 0.717) is 52.4 Å². The van der Waals surface area contributed by atoms with Crippen LogP contribution in [0.5, 0.6) is 0 Å². The Balaban J connectivity index is 0.000000108. The van der Waals surface area contributed by atoms with E-state index in [2.05, 4.69) is 262 Å². The monoisotopic (exact) mass is 1960 g/mol. The first-order valence-electron chi connectivity index (χ1n) is 49.7. The molecule has 0 fully saturated rings. The van der Waals surface area contributed by atoms with E-state index in [4.69, 9.17) is 64.2 Å². The van der Waals surface area contributed by atoms with Crippen LogP contribution < -0.4 is 0 Å². The molecular weight excluding hydrogens is 1880 g/mol. The van der Waals surface area contributed by atoms with Gasteiger partial charge in [-0.3, -0.25) is 13.7 Å². The van der Waals surface area contributed by atoms with Crippen LogP contribution in [0.2, 0.25) is 0 Å². The molecule has 18 heteroatoms. The summed E-state index contributed by atoms with van der Waals surface area (Å²) >= 11 is 3.66. The van der Waals surface area contributed by atoms with Crippen LogP contribution in [-0.2, 0) is 0 Å². The highest BCUT2D eigenvalue weighted by atomic mass is 32.1. The molecule has 0 N–H and O–H groups in total. The number of pyridine rings is 3. The van der Waals surface area contributed by atoms with Gasteiger partial charge in [0.05, 0.1) is 55.2 Å². The molecule has 0 amide bonds. The molecule has 0 atom stereocenters. The molecule has 0 aliphatic heterocycles. The summed E-state index contributed by atoms with van der Waals surface area (Å²) in [6.45, 7) is 0. The molecule has 0 unspecified atom stereocenters. The van der Waals surface area contributed by atoms with E-state index in [9.17, 15) is 0 Å². The lowest BCUT2D eigenvalue weighted by Gasteiger charge is -2.15. The fourth-order valence-electron chi connectivity index (χ4n) is 20.9. The van der Waals surface area contributed by atoms with Crippen LogP contribution in [0.3, 0.4) is 0 Å². The van der Waals surface area contributed by atoms with Crippen LogP contribution in [0.4, 0.5) is 0 Å². The molecule has 18 aromatic carbocycles. The topological polar surface area (TPSA) is 183 Å². The number of aromatic nitrogens is 15. The van der Waals surface area contributed by atoms with E-state index in [1.165, 1.54) is 61.9 Å². The number of nitrogens with zero attached hydrogens (tertiary/aromatic N) is 15. The van der Waals surface area contributed by atoms with Gasteiger partial charge in [-0.25, -0.2) is 59.8 Å². The van der Waals surface area contributed by atoms with Gasteiger partial charge >= 0.3 is 0 Å². The smallest absolute Gasteiger partial charge is 0.167 e. The van der Waals surface area contributed by atoms with Crippen LogP contribution in [0.25, 0.3) is 281 Å². The van der Waals surface area contributed by atoms with E-state index in [1.807, 2.05) is 266 Å². The summed E-state index contributed by atoms with van der Waals surface area (Å²) in [6.07, 6.45) is 5.87. The van der Waals surface area contributed by atoms with Crippen molar-refractivity contribution < 1.29 is 4.42 Å². The lowest BCUT2D eigenvalue weighted by atomic mass is 10.0. The Bertz CT molecular complexity index is 10300. The van der Waals surface area contributed by atoms with E-state index < -0.39 is 0 Å².